The highest BCUT2D eigenvalue weighted by molar-refractivity contribution is 5.54. The normalized spacial score (nSPS) is 21.9. The second-order valence-corrected chi connectivity index (χ2v) is 5.28. The molecule has 0 aliphatic carbocycles. The van der Waals surface area contributed by atoms with Gasteiger partial charge in [0.15, 0.2) is 0 Å². The van der Waals surface area contributed by atoms with Crippen LogP contribution >= 0.6 is 0 Å². The molecule has 0 radical (unpaired) electrons. The summed E-state index contributed by atoms with van der Waals surface area (Å²) in [5.74, 6) is 0. The van der Waals surface area contributed by atoms with Crippen LogP contribution in [0.4, 0.5) is 11.4 Å². The second kappa shape index (κ2) is 6.24. The number of hydrogen-bond acceptors (Lipinski definition) is 4. The molecule has 2 heterocycles. The predicted molar refractivity (Wildman–Crippen MR) is 79.7 cm³/mol. The molecular weight excluding hydrogens is 238 g/mol. The average Bonchev–Trinajstić information content (AvgIpc) is 2.47. The van der Waals surface area contributed by atoms with Crippen molar-refractivity contribution in [2.75, 3.05) is 24.3 Å². The molecular formula is C15H25N3O. The van der Waals surface area contributed by atoms with E-state index < -0.39 is 0 Å². The van der Waals surface area contributed by atoms with E-state index >= 15 is 0 Å². The third-order valence-corrected chi connectivity index (χ3v) is 4.18. The lowest BCUT2D eigenvalue weighted by molar-refractivity contribution is -0.0864. The Labute approximate surface area is 116 Å². The van der Waals surface area contributed by atoms with Gasteiger partial charge in [-0.1, -0.05) is 13.8 Å². The zero-order valence-corrected chi connectivity index (χ0v) is 12.2. The molecule has 19 heavy (non-hydrogen) atoms. The molecule has 0 bridgehead atoms. The monoisotopic (exact) mass is 263 g/mol. The van der Waals surface area contributed by atoms with Crippen LogP contribution in [0.3, 0.4) is 0 Å². The van der Waals surface area contributed by atoms with Crippen LogP contribution in [0.2, 0.25) is 0 Å². The van der Waals surface area contributed by atoms with E-state index in [9.17, 15) is 0 Å². The first kappa shape index (κ1) is 14.1. The molecule has 4 heteroatoms. The number of anilines is 2. The van der Waals surface area contributed by atoms with Gasteiger partial charge in [0.2, 0.25) is 0 Å². The number of ether oxygens (including phenoxy) is 1. The van der Waals surface area contributed by atoms with Crippen molar-refractivity contribution < 1.29 is 4.74 Å². The molecule has 1 aromatic rings. The van der Waals surface area contributed by atoms with Gasteiger partial charge in [-0.05, 0) is 31.7 Å². The highest BCUT2D eigenvalue weighted by Crippen LogP contribution is 2.32. The van der Waals surface area contributed by atoms with Crippen molar-refractivity contribution in [1.82, 2.24) is 4.98 Å². The number of nitrogens with one attached hydrogen (secondary N) is 2. The summed E-state index contributed by atoms with van der Waals surface area (Å²) in [6.45, 7) is 5.28. The summed E-state index contributed by atoms with van der Waals surface area (Å²) in [5, 5.41) is 6.71. The van der Waals surface area contributed by atoms with Crippen molar-refractivity contribution in [2.24, 2.45) is 0 Å². The molecule has 2 N–H and O–H groups in total. The fourth-order valence-electron chi connectivity index (χ4n) is 2.79. The Hall–Kier alpha value is -1.29. The van der Waals surface area contributed by atoms with Crippen molar-refractivity contribution >= 4 is 11.4 Å². The van der Waals surface area contributed by atoms with Gasteiger partial charge in [0.1, 0.15) is 0 Å². The Morgan fingerprint density at radius 3 is 2.74 bits per heavy atom. The van der Waals surface area contributed by atoms with Crippen LogP contribution in [0.25, 0.3) is 0 Å². The summed E-state index contributed by atoms with van der Waals surface area (Å²) in [6, 6.07) is 2.57. The molecule has 1 aromatic heterocycles. The van der Waals surface area contributed by atoms with Gasteiger partial charge in [0.05, 0.1) is 29.4 Å². The first-order valence-corrected chi connectivity index (χ1v) is 7.24. The summed E-state index contributed by atoms with van der Waals surface area (Å²) in [5.41, 5.74) is 2.18. The highest BCUT2D eigenvalue weighted by Gasteiger charge is 2.34. The maximum Gasteiger partial charge on any atom is 0.0696 e. The van der Waals surface area contributed by atoms with Crippen LogP contribution in [0.5, 0.6) is 0 Å². The molecule has 1 atom stereocenters. The summed E-state index contributed by atoms with van der Waals surface area (Å²) < 4.78 is 6.01. The van der Waals surface area contributed by atoms with E-state index in [1.165, 1.54) is 0 Å². The summed E-state index contributed by atoms with van der Waals surface area (Å²) in [7, 11) is 1.91. The third-order valence-electron chi connectivity index (χ3n) is 4.18. The summed E-state index contributed by atoms with van der Waals surface area (Å²) >= 11 is 0. The van der Waals surface area contributed by atoms with Crippen LogP contribution in [0, 0.1) is 0 Å². The Bertz CT molecular complexity index is 404. The van der Waals surface area contributed by atoms with E-state index in [1.54, 1.807) is 0 Å². The maximum atomic E-state index is 6.01. The maximum absolute atomic E-state index is 6.01. The number of nitrogens with zero attached hydrogens (tertiary/aromatic N) is 1. The Morgan fingerprint density at radius 1 is 1.32 bits per heavy atom. The van der Waals surface area contributed by atoms with Crippen molar-refractivity contribution in [3.8, 4) is 0 Å². The predicted octanol–water partition coefficient (Wildman–Crippen LogP) is 3.27. The number of hydrogen-bond donors (Lipinski definition) is 2. The molecule has 0 aromatic carbocycles. The van der Waals surface area contributed by atoms with Gasteiger partial charge in [-0.25, -0.2) is 0 Å². The van der Waals surface area contributed by atoms with E-state index in [0.717, 1.165) is 43.7 Å². The molecule has 106 valence electrons. The van der Waals surface area contributed by atoms with Gasteiger partial charge in [-0.15, -0.1) is 0 Å². The molecule has 2 rings (SSSR count). The van der Waals surface area contributed by atoms with Crippen LogP contribution in [0.15, 0.2) is 18.5 Å². The molecule has 0 spiro atoms. The molecule has 1 saturated heterocycles. The summed E-state index contributed by atoms with van der Waals surface area (Å²) in [6.07, 6.45) is 8.01. The summed E-state index contributed by atoms with van der Waals surface area (Å²) in [4.78, 5) is 4.24. The van der Waals surface area contributed by atoms with Gasteiger partial charge < -0.3 is 15.4 Å². The SMILES string of the molecule is CCC1(CC)CC(Nc2cncc(NC)c2)CCO1. The van der Waals surface area contributed by atoms with Crippen molar-refractivity contribution in [3.63, 3.8) is 0 Å². The Morgan fingerprint density at radius 2 is 2.05 bits per heavy atom. The lowest BCUT2D eigenvalue weighted by Gasteiger charge is -2.40. The minimum Gasteiger partial charge on any atom is -0.387 e. The fourth-order valence-corrected chi connectivity index (χ4v) is 2.79. The largest absolute Gasteiger partial charge is 0.387 e. The lowest BCUT2D eigenvalue weighted by atomic mass is 9.86. The highest BCUT2D eigenvalue weighted by atomic mass is 16.5. The van der Waals surface area contributed by atoms with E-state index in [4.69, 9.17) is 4.74 Å². The molecule has 1 unspecified atom stereocenters. The molecule has 0 amide bonds. The van der Waals surface area contributed by atoms with E-state index in [2.05, 4.69) is 35.5 Å². The quantitative estimate of drug-likeness (QED) is 0.856. The Kier molecular flexibility index (Phi) is 4.64. The number of rotatable bonds is 5. The minimum absolute atomic E-state index is 0.0595. The van der Waals surface area contributed by atoms with Crippen molar-refractivity contribution in [2.45, 2.75) is 51.2 Å². The third kappa shape index (κ3) is 3.38. The number of pyridine rings is 1. The second-order valence-electron chi connectivity index (χ2n) is 5.28. The molecule has 1 fully saturated rings. The first-order chi connectivity index (χ1) is 9.21. The first-order valence-electron chi connectivity index (χ1n) is 7.24. The van der Waals surface area contributed by atoms with Gasteiger partial charge in [0.25, 0.3) is 0 Å². The van der Waals surface area contributed by atoms with Gasteiger partial charge in [-0.3, -0.25) is 4.98 Å². The minimum atomic E-state index is 0.0595. The smallest absolute Gasteiger partial charge is 0.0696 e. The van der Waals surface area contributed by atoms with Crippen LogP contribution in [-0.4, -0.2) is 30.3 Å². The standard InChI is InChI=1S/C15H25N3O/c1-4-15(5-2)9-12(6-7-19-15)18-14-8-13(16-3)10-17-11-14/h8,10-12,16,18H,4-7,9H2,1-3H3. The van der Waals surface area contributed by atoms with Crippen LogP contribution < -0.4 is 10.6 Å². The zero-order chi connectivity index (χ0) is 13.7. The molecule has 1 aliphatic heterocycles. The van der Waals surface area contributed by atoms with Gasteiger partial charge in [0, 0.05) is 19.7 Å². The van der Waals surface area contributed by atoms with Crippen LogP contribution in [0.1, 0.15) is 39.5 Å². The van der Waals surface area contributed by atoms with Gasteiger partial charge in [-0.2, -0.15) is 0 Å². The Balaban J connectivity index is 2.02. The van der Waals surface area contributed by atoms with Crippen molar-refractivity contribution in [1.29, 1.82) is 0 Å². The van der Waals surface area contributed by atoms with E-state index in [0.29, 0.717) is 6.04 Å². The topological polar surface area (TPSA) is 46.2 Å². The van der Waals surface area contributed by atoms with E-state index in [-0.39, 0.29) is 5.60 Å². The molecule has 0 saturated carbocycles. The van der Waals surface area contributed by atoms with Gasteiger partial charge >= 0.3 is 0 Å². The zero-order valence-electron chi connectivity index (χ0n) is 12.2. The number of aromatic nitrogens is 1. The van der Waals surface area contributed by atoms with Crippen LogP contribution in [-0.2, 0) is 4.74 Å². The fraction of sp³-hybridized carbons (Fsp3) is 0.667. The molecule has 4 nitrogen and oxygen atoms in total. The molecule has 1 aliphatic rings. The van der Waals surface area contributed by atoms with Crippen molar-refractivity contribution in [3.05, 3.63) is 18.5 Å². The lowest BCUT2D eigenvalue weighted by Crippen LogP contribution is -2.43. The van der Waals surface area contributed by atoms with E-state index in [1.807, 2.05) is 19.4 Å². The average molecular weight is 263 g/mol.